The molecule has 2 atom stereocenters. The number of carbonyl (C=O) groups is 1. The number of carbonyl (C=O) groups excluding carboxylic acids is 1. The fraction of sp³-hybridized carbons (Fsp3) is 0.458. The smallest absolute Gasteiger partial charge is 0.254 e. The van der Waals surface area contributed by atoms with Crippen LogP contribution in [0, 0.1) is 0 Å². The highest BCUT2D eigenvalue weighted by atomic mass is 32.2. The number of hydrogen-bond donors (Lipinski definition) is 1. The van der Waals surface area contributed by atoms with Crippen LogP contribution in [0.4, 0.5) is 0 Å². The molecule has 8 nitrogen and oxygen atoms in total. The number of likely N-dealkylation sites (tertiary alicyclic amines) is 1. The van der Waals surface area contributed by atoms with E-state index in [0.29, 0.717) is 30.2 Å². The quantitative estimate of drug-likeness (QED) is 0.632. The van der Waals surface area contributed by atoms with Gasteiger partial charge in [-0.05, 0) is 56.0 Å². The lowest BCUT2D eigenvalue weighted by Gasteiger charge is -2.27. The second kappa shape index (κ2) is 10.1. The maximum atomic E-state index is 13.4. The number of hydrogen-bond acceptors (Lipinski definition) is 6. The number of ether oxygens (including phenoxy) is 3. The van der Waals surface area contributed by atoms with E-state index in [4.69, 9.17) is 14.2 Å². The Balaban J connectivity index is 1.54. The van der Waals surface area contributed by atoms with Gasteiger partial charge in [-0.25, -0.2) is 13.1 Å². The fourth-order valence-corrected chi connectivity index (χ4v) is 5.59. The van der Waals surface area contributed by atoms with Gasteiger partial charge in [0.25, 0.3) is 5.91 Å². The highest BCUT2D eigenvalue weighted by molar-refractivity contribution is 7.89. The molecule has 0 saturated carbocycles. The maximum Gasteiger partial charge on any atom is 0.254 e. The van der Waals surface area contributed by atoms with Crippen LogP contribution < -0.4 is 14.2 Å². The van der Waals surface area contributed by atoms with Gasteiger partial charge in [0.05, 0.1) is 31.3 Å². The van der Waals surface area contributed by atoms with E-state index < -0.39 is 10.0 Å². The molecule has 2 aromatic rings. The Morgan fingerprint density at radius 2 is 1.97 bits per heavy atom. The molecule has 2 heterocycles. The van der Waals surface area contributed by atoms with Crippen molar-refractivity contribution in [2.45, 2.75) is 42.7 Å². The second-order valence-corrected chi connectivity index (χ2v) is 10.0. The molecular formula is C24H30N2O6S. The van der Waals surface area contributed by atoms with E-state index in [0.717, 1.165) is 31.2 Å². The lowest BCUT2D eigenvalue weighted by molar-refractivity contribution is 0.0734. The van der Waals surface area contributed by atoms with Gasteiger partial charge in [0.2, 0.25) is 10.0 Å². The first-order valence-corrected chi connectivity index (χ1v) is 12.7. The van der Waals surface area contributed by atoms with Crippen molar-refractivity contribution >= 4 is 15.9 Å². The zero-order valence-corrected chi connectivity index (χ0v) is 19.8. The minimum atomic E-state index is -3.75. The van der Waals surface area contributed by atoms with Gasteiger partial charge in [0, 0.05) is 36.9 Å². The number of nitrogens with zero attached hydrogens (tertiary/aromatic N) is 1. The van der Waals surface area contributed by atoms with E-state index in [-0.39, 0.29) is 29.5 Å². The van der Waals surface area contributed by atoms with Crippen LogP contribution in [0.3, 0.4) is 0 Å². The Labute approximate surface area is 194 Å². The third-order valence-corrected chi connectivity index (χ3v) is 7.65. The van der Waals surface area contributed by atoms with Crippen molar-refractivity contribution in [1.29, 1.82) is 0 Å². The predicted molar refractivity (Wildman–Crippen MR) is 123 cm³/mol. The van der Waals surface area contributed by atoms with Crippen LogP contribution in [0.1, 0.15) is 47.6 Å². The minimum Gasteiger partial charge on any atom is -0.497 e. The predicted octanol–water partition coefficient (Wildman–Crippen LogP) is 3.14. The summed E-state index contributed by atoms with van der Waals surface area (Å²) in [4.78, 5) is 15.3. The van der Waals surface area contributed by atoms with E-state index in [1.54, 1.807) is 31.3 Å². The van der Waals surface area contributed by atoms with Crippen molar-refractivity contribution in [3.63, 3.8) is 0 Å². The highest BCUT2D eigenvalue weighted by Gasteiger charge is 2.33. The molecule has 1 N–H and O–H groups in total. The Bertz CT molecular complexity index is 1100. The molecule has 2 saturated heterocycles. The van der Waals surface area contributed by atoms with Crippen molar-refractivity contribution in [1.82, 2.24) is 9.62 Å². The summed E-state index contributed by atoms with van der Waals surface area (Å²) in [5.41, 5.74) is 1.25. The fourth-order valence-electron chi connectivity index (χ4n) is 4.48. The average molecular weight is 475 g/mol. The summed E-state index contributed by atoms with van der Waals surface area (Å²) in [6.45, 7) is 1.48. The summed E-state index contributed by atoms with van der Waals surface area (Å²) in [7, 11) is -0.558. The van der Waals surface area contributed by atoms with E-state index in [2.05, 4.69) is 4.72 Å². The largest absolute Gasteiger partial charge is 0.497 e. The Hall–Kier alpha value is -2.62. The topological polar surface area (TPSA) is 94.2 Å². The molecule has 0 bridgehead atoms. The molecule has 2 aliphatic heterocycles. The number of methoxy groups -OCH3 is 2. The SMILES string of the molecule is COc1ccc(C2CCCN2C(=O)c2cccc(S(=O)(=O)NCC3CCCO3)c2)c(OC)c1. The summed E-state index contributed by atoms with van der Waals surface area (Å²) >= 11 is 0. The van der Waals surface area contributed by atoms with Crippen LogP contribution >= 0.6 is 0 Å². The van der Waals surface area contributed by atoms with Gasteiger partial charge in [-0.1, -0.05) is 6.07 Å². The molecule has 4 rings (SSSR count). The number of amides is 1. The molecule has 9 heteroatoms. The Morgan fingerprint density at radius 3 is 2.70 bits per heavy atom. The van der Waals surface area contributed by atoms with E-state index >= 15 is 0 Å². The second-order valence-electron chi connectivity index (χ2n) is 8.28. The molecule has 178 valence electrons. The van der Waals surface area contributed by atoms with E-state index in [9.17, 15) is 13.2 Å². The van der Waals surface area contributed by atoms with Gasteiger partial charge in [0.15, 0.2) is 0 Å². The molecule has 2 unspecified atom stereocenters. The van der Waals surface area contributed by atoms with Crippen molar-refractivity contribution < 1.29 is 27.4 Å². The monoisotopic (exact) mass is 474 g/mol. The molecule has 0 aliphatic carbocycles. The molecule has 0 aromatic heterocycles. The molecule has 1 amide bonds. The van der Waals surface area contributed by atoms with Crippen molar-refractivity contribution in [2.24, 2.45) is 0 Å². The highest BCUT2D eigenvalue weighted by Crippen LogP contribution is 2.39. The summed E-state index contributed by atoms with van der Waals surface area (Å²) in [5.74, 6) is 1.14. The van der Waals surface area contributed by atoms with Gasteiger partial charge >= 0.3 is 0 Å². The zero-order chi connectivity index (χ0) is 23.4. The van der Waals surface area contributed by atoms with Crippen molar-refractivity contribution in [3.8, 4) is 11.5 Å². The number of benzene rings is 2. The molecule has 2 aliphatic rings. The number of rotatable bonds is 8. The zero-order valence-electron chi connectivity index (χ0n) is 19.0. The molecule has 33 heavy (non-hydrogen) atoms. The lowest BCUT2D eigenvalue weighted by Crippen LogP contribution is -2.33. The van der Waals surface area contributed by atoms with Crippen LogP contribution in [-0.2, 0) is 14.8 Å². The normalized spacial score (nSPS) is 20.7. The van der Waals surface area contributed by atoms with E-state index in [1.807, 2.05) is 18.2 Å². The van der Waals surface area contributed by atoms with Gasteiger partial charge < -0.3 is 19.1 Å². The third-order valence-electron chi connectivity index (χ3n) is 6.23. The van der Waals surface area contributed by atoms with Gasteiger partial charge in [-0.2, -0.15) is 0 Å². The van der Waals surface area contributed by atoms with Gasteiger partial charge in [-0.15, -0.1) is 0 Å². The molecule has 2 fully saturated rings. The van der Waals surface area contributed by atoms with Crippen LogP contribution in [0.15, 0.2) is 47.4 Å². The van der Waals surface area contributed by atoms with Crippen LogP contribution in [0.2, 0.25) is 0 Å². The summed E-state index contributed by atoms with van der Waals surface area (Å²) < 4.78 is 44.5. The van der Waals surface area contributed by atoms with Crippen LogP contribution in [0.5, 0.6) is 11.5 Å². The summed E-state index contributed by atoms with van der Waals surface area (Å²) in [6.07, 6.45) is 3.33. The van der Waals surface area contributed by atoms with Crippen molar-refractivity contribution in [2.75, 3.05) is 33.9 Å². The summed E-state index contributed by atoms with van der Waals surface area (Å²) in [5, 5.41) is 0. The molecule has 0 radical (unpaired) electrons. The average Bonchev–Trinajstić information content (AvgIpc) is 3.54. The lowest BCUT2D eigenvalue weighted by atomic mass is 10.0. The molecule has 2 aromatic carbocycles. The maximum absolute atomic E-state index is 13.4. The van der Waals surface area contributed by atoms with Crippen molar-refractivity contribution in [3.05, 3.63) is 53.6 Å². The Kier molecular flexibility index (Phi) is 7.21. The standard InChI is InChI=1S/C24H30N2O6S/c1-30-18-10-11-21(23(15-18)31-2)22-9-4-12-26(22)24(27)17-6-3-8-20(14-17)33(28,29)25-16-19-7-5-13-32-19/h3,6,8,10-11,14-15,19,22,25H,4-5,7,9,12-13,16H2,1-2H3. The van der Waals surface area contributed by atoms with Gasteiger partial charge in [0.1, 0.15) is 11.5 Å². The number of sulfonamides is 1. The molecule has 0 spiro atoms. The first kappa shape index (κ1) is 23.5. The minimum absolute atomic E-state index is 0.0733. The first-order chi connectivity index (χ1) is 15.9. The van der Waals surface area contributed by atoms with Crippen LogP contribution in [0.25, 0.3) is 0 Å². The number of nitrogens with one attached hydrogen (secondary N) is 1. The van der Waals surface area contributed by atoms with E-state index in [1.165, 1.54) is 12.1 Å². The summed E-state index contributed by atoms with van der Waals surface area (Å²) in [6, 6.07) is 11.6. The third kappa shape index (κ3) is 5.15. The first-order valence-electron chi connectivity index (χ1n) is 11.2. The molecular weight excluding hydrogens is 444 g/mol. The Morgan fingerprint density at radius 1 is 1.12 bits per heavy atom. The van der Waals surface area contributed by atoms with Crippen LogP contribution in [-0.4, -0.2) is 59.2 Å². The van der Waals surface area contributed by atoms with Gasteiger partial charge in [-0.3, -0.25) is 4.79 Å².